The van der Waals surface area contributed by atoms with Gasteiger partial charge in [0.25, 0.3) is 0 Å². The number of nitrogens with one attached hydrogen (secondary N) is 1. The first-order valence-corrected chi connectivity index (χ1v) is 7.29. The van der Waals surface area contributed by atoms with Gasteiger partial charge in [0.2, 0.25) is 11.7 Å². The molecule has 0 fully saturated rings. The molecular weight excluding hydrogens is 274 g/mol. The maximum Gasteiger partial charge on any atom is 0.243 e. The lowest BCUT2D eigenvalue weighted by atomic mass is 10.3. The van der Waals surface area contributed by atoms with Crippen LogP contribution in [0.2, 0.25) is 0 Å². The van der Waals surface area contributed by atoms with Crippen molar-refractivity contribution < 1.29 is 4.52 Å². The molecule has 0 aliphatic heterocycles. The maximum absolute atomic E-state index is 5.30. The Labute approximate surface area is 120 Å². The molecule has 1 N–H and O–H groups in total. The molecule has 0 bridgehead atoms. The highest BCUT2D eigenvalue weighted by Crippen LogP contribution is 2.22. The second-order valence-corrected chi connectivity index (χ2v) is 5.33. The molecule has 20 heavy (non-hydrogen) atoms. The topological polar surface area (TPSA) is 68.8 Å². The molecule has 3 heterocycles. The van der Waals surface area contributed by atoms with Gasteiger partial charge in [0, 0.05) is 18.9 Å². The van der Waals surface area contributed by atoms with Gasteiger partial charge in [-0.3, -0.25) is 4.68 Å². The van der Waals surface area contributed by atoms with Crippen LogP contribution in [-0.2, 0) is 6.54 Å². The van der Waals surface area contributed by atoms with Gasteiger partial charge < -0.3 is 9.84 Å². The predicted molar refractivity (Wildman–Crippen MR) is 76.3 cm³/mol. The minimum atomic E-state index is 0.0202. The van der Waals surface area contributed by atoms with Crippen LogP contribution >= 0.6 is 11.3 Å². The fourth-order valence-electron chi connectivity index (χ4n) is 1.83. The van der Waals surface area contributed by atoms with Gasteiger partial charge in [0.1, 0.15) is 0 Å². The number of hydrogen-bond acceptors (Lipinski definition) is 6. The van der Waals surface area contributed by atoms with Crippen molar-refractivity contribution >= 4 is 11.3 Å². The fraction of sp³-hybridized carbons (Fsp3) is 0.308. The van der Waals surface area contributed by atoms with Crippen molar-refractivity contribution in [2.75, 3.05) is 6.54 Å². The molecule has 0 saturated heterocycles. The van der Waals surface area contributed by atoms with Gasteiger partial charge in [0.15, 0.2) is 0 Å². The SMILES string of the molecule is CC(NCCn1cccn1)c1nc(-c2cccs2)no1. The summed E-state index contributed by atoms with van der Waals surface area (Å²) in [6, 6.07) is 5.89. The summed E-state index contributed by atoms with van der Waals surface area (Å²) >= 11 is 1.60. The summed E-state index contributed by atoms with van der Waals surface area (Å²) < 4.78 is 7.18. The molecule has 7 heteroatoms. The summed E-state index contributed by atoms with van der Waals surface area (Å²) in [5, 5.41) is 13.5. The van der Waals surface area contributed by atoms with E-state index in [-0.39, 0.29) is 6.04 Å². The average molecular weight is 289 g/mol. The van der Waals surface area contributed by atoms with Gasteiger partial charge in [-0.15, -0.1) is 11.3 Å². The molecule has 0 spiro atoms. The molecule has 3 rings (SSSR count). The number of aromatic nitrogens is 4. The average Bonchev–Trinajstić information content (AvgIpc) is 3.20. The molecule has 1 unspecified atom stereocenters. The monoisotopic (exact) mass is 289 g/mol. The molecule has 0 aliphatic carbocycles. The van der Waals surface area contributed by atoms with Crippen LogP contribution in [0.4, 0.5) is 0 Å². The Balaban J connectivity index is 1.56. The summed E-state index contributed by atoms with van der Waals surface area (Å²) in [6.45, 7) is 3.61. The maximum atomic E-state index is 5.30. The van der Waals surface area contributed by atoms with E-state index < -0.39 is 0 Å². The third-order valence-electron chi connectivity index (χ3n) is 2.90. The van der Waals surface area contributed by atoms with E-state index >= 15 is 0 Å². The smallest absolute Gasteiger partial charge is 0.243 e. The highest BCUT2D eigenvalue weighted by Gasteiger charge is 2.15. The lowest BCUT2D eigenvalue weighted by Crippen LogP contribution is -2.23. The third-order valence-corrected chi connectivity index (χ3v) is 3.77. The van der Waals surface area contributed by atoms with Gasteiger partial charge in [-0.05, 0) is 24.4 Å². The summed E-state index contributed by atoms with van der Waals surface area (Å²) in [7, 11) is 0. The van der Waals surface area contributed by atoms with Gasteiger partial charge >= 0.3 is 0 Å². The number of thiophene rings is 1. The highest BCUT2D eigenvalue weighted by molar-refractivity contribution is 7.13. The van der Waals surface area contributed by atoms with E-state index in [9.17, 15) is 0 Å². The van der Waals surface area contributed by atoms with E-state index in [0.29, 0.717) is 11.7 Å². The van der Waals surface area contributed by atoms with Gasteiger partial charge in [-0.2, -0.15) is 10.1 Å². The van der Waals surface area contributed by atoms with Crippen molar-refractivity contribution in [1.29, 1.82) is 0 Å². The van der Waals surface area contributed by atoms with Crippen LogP contribution in [0.1, 0.15) is 18.9 Å². The number of hydrogen-bond donors (Lipinski definition) is 1. The quantitative estimate of drug-likeness (QED) is 0.754. The summed E-state index contributed by atoms with van der Waals surface area (Å²) in [6.07, 6.45) is 3.71. The second-order valence-electron chi connectivity index (χ2n) is 4.38. The van der Waals surface area contributed by atoms with Crippen LogP contribution in [0.15, 0.2) is 40.5 Å². The van der Waals surface area contributed by atoms with Crippen molar-refractivity contribution in [3.05, 3.63) is 41.9 Å². The van der Waals surface area contributed by atoms with Crippen LogP contribution in [0.3, 0.4) is 0 Å². The molecule has 6 nitrogen and oxygen atoms in total. The molecule has 0 saturated carbocycles. The standard InChI is InChI=1S/C13H15N5OS/c1-10(14-6-8-18-7-3-5-15-18)13-16-12(17-19-13)11-4-2-9-20-11/h2-5,7,9-10,14H,6,8H2,1H3. The predicted octanol–water partition coefficient (Wildman–Crippen LogP) is 2.35. The Morgan fingerprint density at radius 3 is 3.15 bits per heavy atom. The van der Waals surface area contributed by atoms with Crippen molar-refractivity contribution in [3.63, 3.8) is 0 Å². The minimum Gasteiger partial charge on any atom is -0.337 e. The fourth-order valence-corrected chi connectivity index (χ4v) is 2.48. The second kappa shape index (κ2) is 5.98. The molecule has 0 radical (unpaired) electrons. The summed E-state index contributed by atoms with van der Waals surface area (Å²) in [5.74, 6) is 1.25. The Kier molecular flexibility index (Phi) is 3.89. The van der Waals surface area contributed by atoms with Crippen LogP contribution in [0.25, 0.3) is 10.7 Å². The largest absolute Gasteiger partial charge is 0.337 e. The van der Waals surface area contributed by atoms with E-state index in [0.717, 1.165) is 18.0 Å². The highest BCUT2D eigenvalue weighted by atomic mass is 32.1. The van der Waals surface area contributed by atoms with E-state index in [1.165, 1.54) is 0 Å². The van der Waals surface area contributed by atoms with E-state index in [2.05, 4.69) is 20.6 Å². The zero-order valence-corrected chi connectivity index (χ0v) is 11.9. The van der Waals surface area contributed by atoms with Crippen molar-refractivity contribution in [1.82, 2.24) is 25.2 Å². The molecule has 0 aliphatic rings. The van der Waals surface area contributed by atoms with Crippen LogP contribution < -0.4 is 5.32 Å². The van der Waals surface area contributed by atoms with Crippen LogP contribution in [0.5, 0.6) is 0 Å². The van der Waals surface area contributed by atoms with Gasteiger partial charge in [0.05, 0.1) is 17.5 Å². The molecular formula is C13H15N5OS. The van der Waals surface area contributed by atoms with Crippen LogP contribution in [-0.4, -0.2) is 26.5 Å². The molecule has 3 aromatic rings. The Bertz CT molecular complexity index is 632. The van der Waals surface area contributed by atoms with E-state index in [4.69, 9.17) is 4.52 Å². The summed E-state index contributed by atoms with van der Waals surface area (Å²) in [4.78, 5) is 5.43. The van der Waals surface area contributed by atoms with Crippen molar-refractivity contribution in [2.45, 2.75) is 19.5 Å². The molecule has 0 aromatic carbocycles. The minimum absolute atomic E-state index is 0.0202. The Morgan fingerprint density at radius 2 is 2.40 bits per heavy atom. The van der Waals surface area contributed by atoms with Crippen LogP contribution in [0, 0.1) is 0 Å². The number of rotatable bonds is 6. The third kappa shape index (κ3) is 2.94. The van der Waals surface area contributed by atoms with E-state index in [1.807, 2.05) is 41.4 Å². The Hall–Kier alpha value is -1.99. The van der Waals surface area contributed by atoms with Crippen molar-refractivity contribution in [3.8, 4) is 10.7 Å². The zero-order valence-electron chi connectivity index (χ0n) is 11.1. The van der Waals surface area contributed by atoms with E-state index in [1.54, 1.807) is 17.5 Å². The molecule has 3 aromatic heterocycles. The normalized spacial score (nSPS) is 12.7. The van der Waals surface area contributed by atoms with Crippen molar-refractivity contribution in [2.24, 2.45) is 0 Å². The summed E-state index contributed by atoms with van der Waals surface area (Å²) in [5.41, 5.74) is 0. The Morgan fingerprint density at radius 1 is 1.45 bits per heavy atom. The molecule has 1 atom stereocenters. The van der Waals surface area contributed by atoms with Gasteiger partial charge in [-0.1, -0.05) is 11.2 Å². The van der Waals surface area contributed by atoms with Gasteiger partial charge in [-0.25, -0.2) is 0 Å². The lowest BCUT2D eigenvalue weighted by Gasteiger charge is -2.09. The molecule has 0 amide bonds. The first kappa shape index (κ1) is 13.0. The lowest BCUT2D eigenvalue weighted by molar-refractivity contribution is 0.336. The molecule has 104 valence electrons. The first-order valence-electron chi connectivity index (χ1n) is 6.41. The zero-order chi connectivity index (χ0) is 13.8. The number of nitrogens with zero attached hydrogens (tertiary/aromatic N) is 4. The first-order chi connectivity index (χ1) is 9.83.